The van der Waals surface area contributed by atoms with Gasteiger partial charge in [0.25, 0.3) is 0 Å². The van der Waals surface area contributed by atoms with Gasteiger partial charge in [0.05, 0.1) is 0 Å². The van der Waals surface area contributed by atoms with E-state index < -0.39 is 16.8 Å². The highest BCUT2D eigenvalue weighted by atomic mass is 32.2. The quantitative estimate of drug-likeness (QED) is 0.692. The highest BCUT2D eigenvalue weighted by molar-refractivity contribution is 7.85. The van der Waals surface area contributed by atoms with Crippen LogP contribution in [0.15, 0.2) is 11.6 Å². The minimum atomic E-state index is -0.904. The number of carbonyl (C=O) groups is 1. The minimum absolute atomic E-state index is 0.389. The second-order valence-corrected chi connectivity index (χ2v) is 5.53. The van der Waals surface area contributed by atoms with Gasteiger partial charge in [0, 0.05) is 41.0 Å². The van der Waals surface area contributed by atoms with Gasteiger partial charge in [0.2, 0.25) is 0 Å². The molecule has 1 aliphatic rings. The third-order valence-corrected chi connectivity index (χ3v) is 3.81. The predicted octanol–water partition coefficient (Wildman–Crippen LogP) is 0.518. The highest BCUT2D eigenvalue weighted by Crippen LogP contribution is 2.09. The molecule has 0 aromatic heterocycles. The number of hydrogen-bond acceptors (Lipinski definition) is 3. The molecule has 4 nitrogen and oxygen atoms in total. The summed E-state index contributed by atoms with van der Waals surface area (Å²) >= 11 is 0. The molecule has 1 rings (SSSR count). The van der Waals surface area contributed by atoms with Crippen LogP contribution >= 0.6 is 0 Å². The molecule has 1 heterocycles. The van der Waals surface area contributed by atoms with Crippen molar-refractivity contribution in [3.63, 3.8) is 0 Å². The summed E-state index contributed by atoms with van der Waals surface area (Å²) in [5.74, 6) is 0.623. The van der Waals surface area contributed by atoms with E-state index in [0.29, 0.717) is 12.6 Å². The fourth-order valence-electron chi connectivity index (χ4n) is 1.57. The van der Waals surface area contributed by atoms with Crippen molar-refractivity contribution in [2.75, 3.05) is 18.1 Å². The standard InChI is InChI=1S/C10H17NO3S/c1-8(6-10(12)13)7-11-9-2-4-15(14)5-3-9/h6,9,11H,2-5,7H2,1H3,(H,12,13). The van der Waals surface area contributed by atoms with Gasteiger partial charge in [-0.1, -0.05) is 5.57 Å². The first-order valence-corrected chi connectivity index (χ1v) is 6.55. The van der Waals surface area contributed by atoms with E-state index in [0.717, 1.165) is 29.9 Å². The van der Waals surface area contributed by atoms with Crippen LogP contribution in [-0.4, -0.2) is 39.4 Å². The largest absolute Gasteiger partial charge is 0.478 e. The Balaban J connectivity index is 2.25. The third-order valence-electron chi connectivity index (χ3n) is 2.43. The first-order chi connectivity index (χ1) is 7.08. The highest BCUT2D eigenvalue weighted by Gasteiger charge is 2.16. The molecule has 0 spiro atoms. The Morgan fingerprint density at radius 3 is 2.67 bits per heavy atom. The molecule has 0 radical (unpaired) electrons. The molecular formula is C10H17NO3S. The lowest BCUT2D eigenvalue weighted by molar-refractivity contribution is -0.131. The van der Waals surface area contributed by atoms with Crippen LogP contribution in [0.1, 0.15) is 19.8 Å². The number of carboxylic acids is 1. The number of rotatable bonds is 4. The van der Waals surface area contributed by atoms with Gasteiger partial charge in [-0.25, -0.2) is 4.79 Å². The monoisotopic (exact) mass is 231 g/mol. The summed E-state index contributed by atoms with van der Waals surface area (Å²) in [6, 6.07) is 0.389. The van der Waals surface area contributed by atoms with Crippen LogP contribution in [0.2, 0.25) is 0 Å². The van der Waals surface area contributed by atoms with E-state index in [1.54, 1.807) is 6.92 Å². The molecule has 0 aromatic carbocycles. The Morgan fingerprint density at radius 1 is 1.53 bits per heavy atom. The fraction of sp³-hybridized carbons (Fsp3) is 0.700. The molecule has 1 aliphatic heterocycles. The molecule has 86 valence electrons. The van der Waals surface area contributed by atoms with Crippen LogP contribution in [0, 0.1) is 0 Å². The molecular weight excluding hydrogens is 214 g/mol. The van der Waals surface area contributed by atoms with Gasteiger partial charge in [-0.2, -0.15) is 0 Å². The smallest absolute Gasteiger partial charge is 0.328 e. The molecule has 0 amide bonds. The molecule has 15 heavy (non-hydrogen) atoms. The van der Waals surface area contributed by atoms with E-state index in [4.69, 9.17) is 5.11 Å². The van der Waals surface area contributed by atoms with Gasteiger partial charge in [-0.3, -0.25) is 4.21 Å². The normalized spacial score (nSPS) is 27.7. The van der Waals surface area contributed by atoms with Crippen molar-refractivity contribution in [2.45, 2.75) is 25.8 Å². The Bertz CT molecular complexity index is 278. The lowest BCUT2D eigenvalue weighted by Crippen LogP contribution is -2.36. The van der Waals surface area contributed by atoms with Crippen LogP contribution in [0.4, 0.5) is 0 Å². The number of hydrogen-bond donors (Lipinski definition) is 2. The second-order valence-electron chi connectivity index (χ2n) is 3.83. The van der Waals surface area contributed by atoms with Crippen LogP contribution in [0.25, 0.3) is 0 Å². The molecule has 0 aromatic rings. The van der Waals surface area contributed by atoms with Gasteiger partial charge in [-0.05, 0) is 19.8 Å². The lowest BCUT2D eigenvalue weighted by atomic mass is 10.1. The molecule has 2 N–H and O–H groups in total. The topological polar surface area (TPSA) is 66.4 Å². The van der Waals surface area contributed by atoms with E-state index in [1.807, 2.05) is 0 Å². The molecule has 0 aliphatic carbocycles. The van der Waals surface area contributed by atoms with Crippen molar-refractivity contribution in [1.29, 1.82) is 0 Å². The molecule has 0 saturated carbocycles. The summed E-state index contributed by atoms with van der Waals surface area (Å²) in [6.07, 6.45) is 3.06. The number of nitrogens with one attached hydrogen (secondary N) is 1. The summed E-state index contributed by atoms with van der Waals surface area (Å²) in [5.41, 5.74) is 0.814. The average Bonchev–Trinajstić information content (AvgIpc) is 2.16. The van der Waals surface area contributed by atoms with Crippen molar-refractivity contribution in [1.82, 2.24) is 5.32 Å². The lowest BCUT2D eigenvalue weighted by Gasteiger charge is -2.22. The maximum atomic E-state index is 11.1. The molecule has 1 saturated heterocycles. The van der Waals surface area contributed by atoms with E-state index in [-0.39, 0.29) is 0 Å². The van der Waals surface area contributed by atoms with Crippen molar-refractivity contribution < 1.29 is 14.1 Å². The summed E-state index contributed by atoms with van der Waals surface area (Å²) in [6.45, 7) is 2.39. The molecule has 5 heteroatoms. The van der Waals surface area contributed by atoms with Crippen molar-refractivity contribution in [3.05, 3.63) is 11.6 Å². The Hall–Kier alpha value is -0.680. The zero-order valence-electron chi connectivity index (χ0n) is 8.86. The Labute approximate surface area is 92.2 Å². The second kappa shape index (κ2) is 6.02. The zero-order valence-corrected chi connectivity index (χ0v) is 9.68. The zero-order chi connectivity index (χ0) is 11.3. The van der Waals surface area contributed by atoms with E-state index in [1.165, 1.54) is 6.08 Å². The van der Waals surface area contributed by atoms with Gasteiger partial charge in [-0.15, -0.1) is 0 Å². The van der Waals surface area contributed by atoms with Gasteiger partial charge in [0.15, 0.2) is 0 Å². The van der Waals surface area contributed by atoms with Crippen molar-refractivity contribution >= 4 is 16.8 Å². The Morgan fingerprint density at radius 2 is 2.13 bits per heavy atom. The van der Waals surface area contributed by atoms with Crippen LogP contribution in [-0.2, 0) is 15.6 Å². The van der Waals surface area contributed by atoms with Crippen molar-refractivity contribution in [2.24, 2.45) is 0 Å². The third kappa shape index (κ3) is 5.09. The molecule has 0 atom stereocenters. The van der Waals surface area contributed by atoms with E-state index in [9.17, 15) is 9.00 Å². The first-order valence-electron chi connectivity index (χ1n) is 5.06. The molecule has 0 bridgehead atoms. The van der Waals surface area contributed by atoms with Crippen LogP contribution in [0.3, 0.4) is 0 Å². The molecule has 1 fully saturated rings. The minimum Gasteiger partial charge on any atom is -0.478 e. The average molecular weight is 231 g/mol. The van der Waals surface area contributed by atoms with Gasteiger partial charge >= 0.3 is 5.97 Å². The Kier molecular flexibility index (Phi) is 4.98. The van der Waals surface area contributed by atoms with E-state index >= 15 is 0 Å². The summed E-state index contributed by atoms with van der Waals surface area (Å²) in [7, 11) is -0.633. The SMILES string of the molecule is CC(=CC(=O)O)CNC1CCS(=O)CC1. The van der Waals surface area contributed by atoms with E-state index in [2.05, 4.69) is 5.32 Å². The summed E-state index contributed by atoms with van der Waals surface area (Å²) in [4.78, 5) is 10.4. The first kappa shape index (κ1) is 12.4. The summed E-state index contributed by atoms with van der Waals surface area (Å²) in [5, 5.41) is 11.8. The van der Waals surface area contributed by atoms with Crippen molar-refractivity contribution in [3.8, 4) is 0 Å². The van der Waals surface area contributed by atoms with Gasteiger partial charge in [0.1, 0.15) is 0 Å². The van der Waals surface area contributed by atoms with Gasteiger partial charge < -0.3 is 10.4 Å². The summed E-state index contributed by atoms with van der Waals surface area (Å²) < 4.78 is 11.1. The van der Waals surface area contributed by atoms with Crippen LogP contribution < -0.4 is 5.32 Å². The number of aliphatic carboxylic acids is 1. The molecule has 0 unspecified atom stereocenters. The number of carboxylic acid groups (broad SMARTS) is 1. The maximum absolute atomic E-state index is 11.1. The maximum Gasteiger partial charge on any atom is 0.328 e. The fourth-order valence-corrected chi connectivity index (χ4v) is 2.86. The predicted molar refractivity (Wildman–Crippen MR) is 60.3 cm³/mol. The van der Waals surface area contributed by atoms with Crippen LogP contribution in [0.5, 0.6) is 0 Å².